The van der Waals surface area contributed by atoms with E-state index >= 15 is 0 Å². The number of phenols is 1. The van der Waals surface area contributed by atoms with E-state index in [-0.39, 0.29) is 16.9 Å². The molecule has 0 unspecified atom stereocenters. The average molecular weight is 243 g/mol. The van der Waals surface area contributed by atoms with Crippen molar-refractivity contribution in [2.75, 3.05) is 10.5 Å². The predicted octanol–water partition coefficient (Wildman–Crippen LogP) is 2.18. The highest BCUT2D eigenvalue weighted by Gasteiger charge is 2.21. The van der Waals surface area contributed by atoms with Gasteiger partial charge in [0.15, 0.2) is 0 Å². The molecule has 0 saturated carbocycles. The molecule has 0 saturated heterocycles. The lowest BCUT2D eigenvalue weighted by molar-refractivity contribution is 0.463. The first-order chi connectivity index (χ1) is 7.18. The fraction of sp³-hybridized carbons (Fsp3) is 0.455. The molecule has 2 N–H and O–H groups in total. The molecule has 0 bridgehead atoms. The van der Waals surface area contributed by atoms with Gasteiger partial charge in [-0.05, 0) is 29.7 Å². The zero-order chi connectivity index (χ0) is 12.4. The van der Waals surface area contributed by atoms with Crippen LogP contribution in [0.2, 0.25) is 0 Å². The van der Waals surface area contributed by atoms with Gasteiger partial charge in [-0.15, -0.1) is 0 Å². The summed E-state index contributed by atoms with van der Waals surface area (Å²) in [5.74, 6) is 0.166. The fourth-order valence-electron chi connectivity index (χ4n) is 1.32. The number of benzene rings is 1. The Bertz CT molecular complexity index is 443. The summed E-state index contributed by atoms with van der Waals surface area (Å²) in [4.78, 5) is 0. The van der Waals surface area contributed by atoms with Crippen molar-refractivity contribution in [3.05, 3.63) is 24.3 Å². The number of aromatic hydroxyl groups is 1. The van der Waals surface area contributed by atoms with Crippen LogP contribution in [0.25, 0.3) is 0 Å². The molecule has 0 spiro atoms. The second-order valence-corrected chi connectivity index (χ2v) is 6.69. The van der Waals surface area contributed by atoms with Crippen LogP contribution in [0.5, 0.6) is 5.75 Å². The second kappa shape index (κ2) is 4.33. The van der Waals surface area contributed by atoms with Crippen LogP contribution in [-0.4, -0.2) is 19.3 Å². The Morgan fingerprint density at radius 2 is 1.69 bits per heavy atom. The van der Waals surface area contributed by atoms with Gasteiger partial charge in [-0.2, -0.15) is 0 Å². The number of hydrogen-bond acceptors (Lipinski definition) is 3. The summed E-state index contributed by atoms with van der Waals surface area (Å²) in [6, 6.07) is 5.93. The topological polar surface area (TPSA) is 66.4 Å². The first-order valence-corrected chi connectivity index (χ1v) is 6.63. The molecule has 0 fully saturated rings. The van der Waals surface area contributed by atoms with E-state index in [0.717, 1.165) is 0 Å². The van der Waals surface area contributed by atoms with Crippen molar-refractivity contribution in [1.82, 2.24) is 0 Å². The summed E-state index contributed by atoms with van der Waals surface area (Å²) >= 11 is 0. The molecule has 0 atom stereocenters. The molecule has 5 heteroatoms. The Morgan fingerprint density at radius 1 is 1.19 bits per heavy atom. The summed E-state index contributed by atoms with van der Waals surface area (Å²) in [5.41, 5.74) is 0.171. The lowest BCUT2D eigenvalue weighted by Crippen LogP contribution is -2.26. The summed E-state index contributed by atoms with van der Waals surface area (Å²) in [6.45, 7) is 5.59. The SMILES string of the molecule is CC(C)(C)CS(=O)(=O)Nc1ccc(O)cc1. The highest BCUT2D eigenvalue weighted by atomic mass is 32.2. The van der Waals surface area contributed by atoms with Gasteiger partial charge in [0.25, 0.3) is 0 Å². The lowest BCUT2D eigenvalue weighted by atomic mass is 10.0. The van der Waals surface area contributed by atoms with E-state index in [0.29, 0.717) is 5.69 Å². The minimum Gasteiger partial charge on any atom is -0.508 e. The van der Waals surface area contributed by atoms with Gasteiger partial charge in [0.05, 0.1) is 5.75 Å². The predicted molar refractivity (Wildman–Crippen MR) is 65.0 cm³/mol. The van der Waals surface area contributed by atoms with Crippen molar-refractivity contribution in [2.24, 2.45) is 5.41 Å². The van der Waals surface area contributed by atoms with Crippen molar-refractivity contribution in [2.45, 2.75) is 20.8 Å². The van der Waals surface area contributed by atoms with Crippen LogP contribution in [-0.2, 0) is 10.0 Å². The molecular weight excluding hydrogens is 226 g/mol. The van der Waals surface area contributed by atoms with Crippen molar-refractivity contribution in [1.29, 1.82) is 0 Å². The van der Waals surface area contributed by atoms with Crippen molar-refractivity contribution in [3.63, 3.8) is 0 Å². The number of sulfonamides is 1. The highest BCUT2D eigenvalue weighted by molar-refractivity contribution is 7.92. The van der Waals surface area contributed by atoms with Crippen LogP contribution >= 0.6 is 0 Å². The fourth-order valence-corrected chi connectivity index (χ4v) is 3.02. The van der Waals surface area contributed by atoms with E-state index in [2.05, 4.69) is 4.72 Å². The standard InChI is InChI=1S/C11H17NO3S/c1-11(2,3)8-16(14,15)12-9-4-6-10(13)7-5-9/h4-7,12-13H,8H2,1-3H3. The van der Waals surface area contributed by atoms with E-state index in [1.807, 2.05) is 20.8 Å². The first kappa shape index (κ1) is 12.8. The third kappa shape index (κ3) is 4.53. The molecule has 0 aliphatic heterocycles. The van der Waals surface area contributed by atoms with Gasteiger partial charge < -0.3 is 5.11 Å². The highest BCUT2D eigenvalue weighted by Crippen LogP contribution is 2.19. The van der Waals surface area contributed by atoms with Gasteiger partial charge >= 0.3 is 0 Å². The summed E-state index contributed by atoms with van der Waals surface area (Å²) in [6.07, 6.45) is 0. The molecule has 16 heavy (non-hydrogen) atoms. The third-order valence-corrected chi connectivity index (χ3v) is 3.56. The molecule has 1 aromatic carbocycles. The van der Waals surface area contributed by atoms with Gasteiger partial charge in [-0.25, -0.2) is 8.42 Å². The van der Waals surface area contributed by atoms with Crippen molar-refractivity contribution >= 4 is 15.7 Å². The molecule has 0 aliphatic rings. The quantitative estimate of drug-likeness (QED) is 0.800. The second-order valence-electron chi connectivity index (χ2n) is 4.97. The van der Waals surface area contributed by atoms with Crippen molar-refractivity contribution in [3.8, 4) is 5.75 Å². The average Bonchev–Trinajstić information content (AvgIpc) is 2.04. The van der Waals surface area contributed by atoms with E-state index in [9.17, 15) is 8.42 Å². The smallest absolute Gasteiger partial charge is 0.233 e. The Kier molecular flexibility index (Phi) is 3.48. The maximum Gasteiger partial charge on any atom is 0.233 e. The number of anilines is 1. The Morgan fingerprint density at radius 3 is 2.12 bits per heavy atom. The maximum atomic E-state index is 11.7. The molecular formula is C11H17NO3S. The van der Waals surface area contributed by atoms with Crippen LogP contribution < -0.4 is 4.72 Å². The Labute approximate surface area is 96.4 Å². The monoisotopic (exact) mass is 243 g/mol. The zero-order valence-electron chi connectivity index (χ0n) is 9.69. The van der Waals surface area contributed by atoms with Crippen LogP contribution in [0, 0.1) is 5.41 Å². The van der Waals surface area contributed by atoms with Gasteiger partial charge in [0.1, 0.15) is 5.75 Å². The molecule has 1 rings (SSSR count). The van der Waals surface area contributed by atoms with Gasteiger partial charge in [0, 0.05) is 5.69 Å². The largest absolute Gasteiger partial charge is 0.508 e. The van der Waals surface area contributed by atoms with Crippen LogP contribution in [0.3, 0.4) is 0 Å². The van der Waals surface area contributed by atoms with E-state index < -0.39 is 10.0 Å². The van der Waals surface area contributed by atoms with E-state index in [1.54, 1.807) is 0 Å². The number of rotatable bonds is 3. The van der Waals surface area contributed by atoms with Crippen LogP contribution in [0.1, 0.15) is 20.8 Å². The minimum atomic E-state index is -3.34. The Balaban J connectivity index is 2.77. The molecule has 0 radical (unpaired) electrons. The third-order valence-electron chi connectivity index (χ3n) is 1.76. The molecule has 1 aromatic rings. The van der Waals surface area contributed by atoms with Gasteiger partial charge in [0.2, 0.25) is 10.0 Å². The van der Waals surface area contributed by atoms with Crippen molar-refractivity contribution < 1.29 is 13.5 Å². The van der Waals surface area contributed by atoms with Crippen LogP contribution in [0.4, 0.5) is 5.69 Å². The zero-order valence-corrected chi connectivity index (χ0v) is 10.5. The summed E-state index contributed by atoms with van der Waals surface area (Å²) in [5, 5.41) is 9.06. The number of hydrogen-bond donors (Lipinski definition) is 2. The van der Waals surface area contributed by atoms with Gasteiger partial charge in [-0.3, -0.25) is 4.72 Å². The van der Waals surface area contributed by atoms with Gasteiger partial charge in [-0.1, -0.05) is 20.8 Å². The lowest BCUT2D eigenvalue weighted by Gasteiger charge is -2.18. The number of phenolic OH excluding ortho intramolecular Hbond substituents is 1. The number of nitrogens with one attached hydrogen (secondary N) is 1. The van der Waals surface area contributed by atoms with E-state index in [1.165, 1.54) is 24.3 Å². The van der Waals surface area contributed by atoms with Crippen LogP contribution in [0.15, 0.2) is 24.3 Å². The van der Waals surface area contributed by atoms with E-state index in [4.69, 9.17) is 5.11 Å². The summed E-state index contributed by atoms with van der Waals surface area (Å²) in [7, 11) is -3.34. The summed E-state index contributed by atoms with van der Waals surface area (Å²) < 4.78 is 25.9. The first-order valence-electron chi connectivity index (χ1n) is 4.97. The Hall–Kier alpha value is -1.23. The molecule has 0 aliphatic carbocycles. The normalized spacial score (nSPS) is 12.4. The molecule has 0 heterocycles. The minimum absolute atomic E-state index is 0.0564. The molecule has 4 nitrogen and oxygen atoms in total. The maximum absolute atomic E-state index is 11.7. The molecule has 0 aromatic heterocycles. The molecule has 0 amide bonds. The molecule has 90 valence electrons.